The highest BCUT2D eigenvalue weighted by Gasteiger charge is 2.14. The number of alkyl halides is 1. The van der Waals surface area contributed by atoms with E-state index in [1.165, 1.54) is 6.21 Å². The Labute approximate surface area is 201 Å². The van der Waals surface area contributed by atoms with Crippen LogP contribution >= 0.6 is 0 Å². The van der Waals surface area contributed by atoms with E-state index < -0.39 is 6.67 Å². The first-order valence-corrected chi connectivity index (χ1v) is 11.7. The lowest BCUT2D eigenvalue weighted by Gasteiger charge is -2.14. The standard InChI is InChI=1S/C27H33FN4O2/c1-2-10-24(29-19-16-28)21-32-27(34)23-13-9-17-31-26(22-11-5-3-6-12-22)25(30-18-15-23)14-7-4-8-20-33/h3,5-6,9-11,13,15,17-20,22H,2,4,7-8,12,14,16,21H2,1H3,(H,32,34)/b13-9?,17-9?,18-15?,23-13?,23-15?,24-10-,26-25?,29-19?,30-18?,30-25?,31-17?,31-26?. The first-order valence-electron chi connectivity index (χ1n) is 11.7. The first kappa shape index (κ1) is 26.8. The van der Waals surface area contributed by atoms with Gasteiger partial charge in [-0.05, 0) is 50.3 Å². The number of aromatic nitrogens is 2. The van der Waals surface area contributed by atoms with Crippen molar-refractivity contribution in [2.45, 2.75) is 51.4 Å². The molecule has 0 spiro atoms. The van der Waals surface area contributed by atoms with Crippen molar-refractivity contribution in [2.75, 3.05) is 13.2 Å². The van der Waals surface area contributed by atoms with Crippen LogP contribution in [0.25, 0.3) is 0 Å². The molecule has 0 fully saturated rings. The zero-order valence-corrected chi connectivity index (χ0v) is 19.7. The normalized spacial score (nSPS) is 15.2. The Morgan fingerprint density at radius 2 is 2.12 bits per heavy atom. The SMILES string of the molecule is CC/C=C(/CNC(=O)c1cccnc(C2C=CC=CC2)c(CCCCC=O)ncc1)N=CCF. The number of aldehydes is 1. The molecule has 0 saturated carbocycles. The largest absolute Gasteiger partial charge is 0.346 e. The highest BCUT2D eigenvalue weighted by molar-refractivity contribution is 5.94. The smallest absolute Gasteiger partial charge is 0.251 e. The van der Waals surface area contributed by atoms with Crippen molar-refractivity contribution in [3.8, 4) is 0 Å². The summed E-state index contributed by atoms with van der Waals surface area (Å²) in [5.41, 5.74) is 2.78. The van der Waals surface area contributed by atoms with Gasteiger partial charge in [-0.3, -0.25) is 19.8 Å². The molecular formula is C27H33FN4O2. The van der Waals surface area contributed by atoms with E-state index in [2.05, 4.69) is 27.4 Å². The molecule has 1 N–H and O–H groups in total. The average molecular weight is 465 g/mol. The maximum atomic E-state index is 12.7. The number of allylic oxidation sites excluding steroid dienone is 5. The number of halogens is 1. The highest BCUT2D eigenvalue weighted by Crippen LogP contribution is 2.25. The van der Waals surface area contributed by atoms with Gasteiger partial charge < -0.3 is 10.1 Å². The molecule has 0 saturated heterocycles. The van der Waals surface area contributed by atoms with Crippen LogP contribution in [0.15, 0.2) is 71.7 Å². The molecule has 6 nitrogen and oxygen atoms in total. The second kappa shape index (κ2) is 16.2. The molecule has 0 radical (unpaired) electrons. The van der Waals surface area contributed by atoms with Gasteiger partial charge in [0.25, 0.3) is 5.91 Å². The predicted octanol–water partition coefficient (Wildman–Crippen LogP) is 5.18. The van der Waals surface area contributed by atoms with E-state index >= 15 is 0 Å². The molecule has 7 heteroatoms. The number of aliphatic imine (C=N–C) groups is 1. The Balaban J connectivity index is 2.28. The molecule has 1 atom stereocenters. The van der Waals surface area contributed by atoms with Gasteiger partial charge in [0.2, 0.25) is 0 Å². The Morgan fingerprint density at radius 3 is 2.85 bits per heavy atom. The summed E-state index contributed by atoms with van der Waals surface area (Å²) >= 11 is 0. The maximum absolute atomic E-state index is 12.7. The molecule has 1 aliphatic carbocycles. The van der Waals surface area contributed by atoms with Gasteiger partial charge in [0.1, 0.15) is 13.0 Å². The van der Waals surface area contributed by atoms with Gasteiger partial charge in [-0.15, -0.1) is 0 Å². The third kappa shape index (κ3) is 9.57. The molecule has 1 unspecified atom stereocenters. The predicted molar refractivity (Wildman–Crippen MR) is 134 cm³/mol. The van der Waals surface area contributed by atoms with Gasteiger partial charge in [-0.2, -0.15) is 0 Å². The molecular weight excluding hydrogens is 431 g/mol. The van der Waals surface area contributed by atoms with Gasteiger partial charge in [-0.1, -0.05) is 37.3 Å². The number of nitrogens with one attached hydrogen (secondary N) is 1. The molecule has 1 amide bonds. The fourth-order valence-corrected chi connectivity index (χ4v) is 3.46. The van der Waals surface area contributed by atoms with E-state index in [0.29, 0.717) is 24.1 Å². The molecule has 0 aliphatic heterocycles. The number of unbranched alkanes of at least 4 members (excludes halogenated alkanes) is 2. The van der Waals surface area contributed by atoms with E-state index in [9.17, 15) is 14.0 Å². The van der Waals surface area contributed by atoms with Crippen molar-refractivity contribution < 1.29 is 14.0 Å². The van der Waals surface area contributed by atoms with Crippen molar-refractivity contribution in [1.29, 1.82) is 0 Å². The van der Waals surface area contributed by atoms with Crippen molar-refractivity contribution in [2.24, 2.45) is 4.99 Å². The van der Waals surface area contributed by atoms with Gasteiger partial charge in [-0.25, -0.2) is 4.39 Å². The van der Waals surface area contributed by atoms with E-state index in [0.717, 1.165) is 43.4 Å². The molecule has 2 rings (SSSR count). The Bertz CT molecular complexity index is 984. The van der Waals surface area contributed by atoms with Gasteiger partial charge in [0.15, 0.2) is 0 Å². The second-order valence-corrected chi connectivity index (χ2v) is 7.69. The summed E-state index contributed by atoms with van der Waals surface area (Å²) < 4.78 is 12.4. The van der Waals surface area contributed by atoms with Crippen molar-refractivity contribution in [1.82, 2.24) is 15.3 Å². The number of amides is 1. The third-order valence-corrected chi connectivity index (χ3v) is 5.13. The van der Waals surface area contributed by atoms with Crippen LogP contribution in [0.5, 0.6) is 0 Å². The topological polar surface area (TPSA) is 84.3 Å². The summed E-state index contributed by atoms with van der Waals surface area (Å²) in [7, 11) is 0. The number of hydrogen-bond donors (Lipinski definition) is 1. The number of aryl methyl sites for hydroxylation is 1. The van der Waals surface area contributed by atoms with Crippen LogP contribution < -0.4 is 5.32 Å². The Hall–Kier alpha value is -3.48. The zero-order chi connectivity index (χ0) is 24.4. The minimum absolute atomic E-state index is 0.132. The second-order valence-electron chi connectivity index (χ2n) is 7.69. The van der Waals surface area contributed by atoms with Crippen LogP contribution in [-0.4, -0.2) is 41.6 Å². The molecule has 0 bridgehead atoms. The zero-order valence-electron chi connectivity index (χ0n) is 19.7. The highest BCUT2D eigenvalue weighted by atomic mass is 19.1. The van der Waals surface area contributed by atoms with E-state index in [-0.39, 0.29) is 18.4 Å². The minimum atomic E-state index is -0.654. The summed E-state index contributed by atoms with van der Waals surface area (Å²) in [6.07, 6.45) is 19.9. The van der Waals surface area contributed by atoms with E-state index in [1.807, 2.05) is 25.2 Å². The fraction of sp³-hybridized carbons (Fsp3) is 0.370. The third-order valence-electron chi connectivity index (χ3n) is 5.13. The van der Waals surface area contributed by atoms with Crippen molar-refractivity contribution in [3.63, 3.8) is 0 Å². The Kier molecular flexibility index (Phi) is 12.7. The van der Waals surface area contributed by atoms with Crippen molar-refractivity contribution >= 4 is 18.4 Å². The summed E-state index contributed by atoms with van der Waals surface area (Å²) in [6.45, 7) is 1.50. The van der Waals surface area contributed by atoms with Gasteiger partial charge >= 0.3 is 0 Å². The molecule has 34 heavy (non-hydrogen) atoms. The van der Waals surface area contributed by atoms with E-state index in [4.69, 9.17) is 4.98 Å². The van der Waals surface area contributed by atoms with Crippen molar-refractivity contribution in [3.05, 3.63) is 83.6 Å². The van der Waals surface area contributed by atoms with Crippen LogP contribution in [-0.2, 0) is 11.2 Å². The van der Waals surface area contributed by atoms with Gasteiger partial charge in [0, 0.05) is 36.5 Å². The minimum Gasteiger partial charge on any atom is -0.346 e. The molecule has 1 heterocycles. The molecule has 1 aromatic heterocycles. The number of hydrogen-bond acceptors (Lipinski definition) is 5. The number of carbonyl (C=O) groups excluding carboxylic acids is 2. The van der Waals surface area contributed by atoms with Crippen LogP contribution in [0, 0.1) is 0 Å². The number of carbonyl (C=O) groups is 2. The molecule has 180 valence electrons. The quantitative estimate of drug-likeness (QED) is 0.263. The molecule has 1 aromatic rings. The fourth-order valence-electron chi connectivity index (χ4n) is 3.46. The van der Waals surface area contributed by atoms with Gasteiger partial charge in [0.05, 0.1) is 23.6 Å². The lowest BCUT2D eigenvalue weighted by Crippen LogP contribution is -2.25. The summed E-state index contributed by atoms with van der Waals surface area (Å²) in [4.78, 5) is 36.8. The number of rotatable bonds is 12. The maximum Gasteiger partial charge on any atom is 0.251 e. The van der Waals surface area contributed by atoms with Crippen LogP contribution in [0.3, 0.4) is 0 Å². The van der Waals surface area contributed by atoms with Crippen LogP contribution in [0.1, 0.15) is 66.7 Å². The lowest BCUT2D eigenvalue weighted by atomic mass is 9.94. The summed E-state index contributed by atoms with van der Waals surface area (Å²) in [6, 6.07) is 5.09. The van der Waals surface area contributed by atoms with E-state index in [1.54, 1.807) is 30.6 Å². The lowest BCUT2D eigenvalue weighted by molar-refractivity contribution is -0.107. The van der Waals surface area contributed by atoms with Crippen LogP contribution in [0.4, 0.5) is 4.39 Å². The van der Waals surface area contributed by atoms with Crippen LogP contribution in [0.2, 0.25) is 0 Å². The Morgan fingerprint density at radius 1 is 1.24 bits per heavy atom. The summed E-state index contributed by atoms with van der Waals surface area (Å²) in [5.74, 6) is -0.154. The molecule has 0 aromatic carbocycles. The summed E-state index contributed by atoms with van der Waals surface area (Å²) in [5, 5.41) is 2.82. The first-order chi connectivity index (χ1) is 16.7. The average Bonchev–Trinajstić information content (AvgIpc) is 2.87. The monoisotopic (exact) mass is 464 g/mol. The number of nitrogens with zero attached hydrogens (tertiary/aromatic N) is 3. The molecule has 1 aliphatic rings.